The second-order valence-electron chi connectivity index (χ2n) is 6.41. The molecule has 0 saturated heterocycles. The van der Waals surface area contributed by atoms with Crippen molar-refractivity contribution in [2.45, 2.75) is 39.2 Å². The lowest BCUT2D eigenvalue weighted by atomic mass is 10.2. The molecule has 25 heavy (non-hydrogen) atoms. The van der Waals surface area contributed by atoms with Gasteiger partial charge < -0.3 is 24.8 Å². The largest absolute Gasteiger partial charge is 0.497 e. The summed E-state index contributed by atoms with van der Waals surface area (Å²) in [6, 6.07) is 7.24. The second kappa shape index (κ2) is 10.4. The molecule has 0 aliphatic heterocycles. The van der Waals surface area contributed by atoms with Crippen molar-refractivity contribution in [2.75, 3.05) is 26.8 Å². The average Bonchev–Trinajstić information content (AvgIpc) is 2.54. The van der Waals surface area contributed by atoms with Crippen molar-refractivity contribution >= 4 is 12.0 Å². The zero-order valence-electron chi connectivity index (χ0n) is 15.4. The second-order valence-corrected chi connectivity index (χ2v) is 6.41. The summed E-state index contributed by atoms with van der Waals surface area (Å²) in [5.41, 5.74) is -0.522. The van der Waals surface area contributed by atoms with Gasteiger partial charge in [0, 0.05) is 13.0 Å². The van der Waals surface area contributed by atoms with E-state index in [9.17, 15) is 9.59 Å². The van der Waals surface area contributed by atoms with E-state index in [4.69, 9.17) is 14.2 Å². The number of benzene rings is 1. The first kappa shape index (κ1) is 20.6. The highest BCUT2D eigenvalue weighted by molar-refractivity contribution is 5.75. The van der Waals surface area contributed by atoms with Gasteiger partial charge in [0.25, 0.3) is 0 Å². The third-order valence-corrected chi connectivity index (χ3v) is 3.00. The molecule has 0 bridgehead atoms. The zero-order chi connectivity index (χ0) is 18.7. The molecule has 0 aromatic heterocycles. The number of hydrogen-bond donors (Lipinski definition) is 2. The van der Waals surface area contributed by atoms with Crippen LogP contribution in [0.3, 0.4) is 0 Å². The van der Waals surface area contributed by atoms with Crippen LogP contribution in [0.1, 0.15) is 33.6 Å². The molecule has 0 saturated carbocycles. The maximum Gasteiger partial charge on any atom is 0.407 e. The molecule has 0 radical (unpaired) electrons. The van der Waals surface area contributed by atoms with Crippen LogP contribution in [0.15, 0.2) is 24.3 Å². The van der Waals surface area contributed by atoms with Gasteiger partial charge in [0.15, 0.2) is 0 Å². The number of hydrogen-bond acceptors (Lipinski definition) is 5. The van der Waals surface area contributed by atoms with Crippen LogP contribution in [0.25, 0.3) is 0 Å². The van der Waals surface area contributed by atoms with Gasteiger partial charge in [-0.1, -0.05) is 0 Å². The van der Waals surface area contributed by atoms with Gasteiger partial charge in [0.2, 0.25) is 5.91 Å². The monoisotopic (exact) mass is 352 g/mol. The molecule has 2 amide bonds. The maximum atomic E-state index is 11.7. The SMILES string of the molecule is COc1ccc(OCCNC(=O)CCCNC(=O)OC(C)(C)C)cc1. The molecule has 1 aromatic carbocycles. The molecule has 0 unspecified atom stereocenters. The summed E-state index contributed by atoms with van der Waals surface area (Å²) >= 11 is 0. The first-order valence-corrected chi connectivity index (χ1v) is 8.30. The third-order valence-electron chi connectivity index (χ3n) is 3.00. The third kappa shape index (κ3) is 10.1. The van der Waals surface area contributed by atoms with Crippen LogP contribution in [0.2, 0.25) is 0 Å². The van der Waals surface area contributed by atoms with Gasteiger partial charge in [-0.25, -0.2) is 4.79 Å². The van der Waals surface area contributed by atoms with Crippen LogP contribution in [-0.2, 0) is 9.53 Å². The Balaban J connectivity index is 2.06. The number of methoxy groups -OCH3 is 1. The van der Waals surface area contributed by atoms with Gasteiger partial charge in [-0.05, 0) is 51.5 Å². The first-order valence-electron chi connectivity index (χ1n) is 8.30. The highest BCUT2D eigenvalue weighted by Crippen LogP contribution is 2.16. The van der Waals surface area contributed by atoms with Gasteiger partial charge in [-0.3, -0.25) is 4.79 Å². The molecular formula is C18H28N2O5. The van der Waals surface area contributed by atoms with Crippen LogP contribution in [0, 0.1) is 0 Å². The minimum atomic E-state index is -0.522. The lowest BCUT2D eigenvalue weighted by molar-refractivity contribution is -0.121. The lowest BCUT2D eigenvalue weighted by Gasteiger charge is -2.19. The van der Waals surface area contributed by atoms with Crippen molar-refractivity contribution in [1.82, 2.24) is 10.6 Å². The van der Waals surface area contributed by atoms with E-state index >= 15 is 0 Å². The van der Waals surface area contributed by atoms with E-state index in [0.717, 1.165) is 11.5 Å². The van der Waals surface area contributed by atoms with E-state index in [0.29, 0.717) is 32.5 Å². The van der Waals surface area contributed by atoms with Crippen molar-refractivity contribution in [3.63, 3.8) is 0 Å². The minimum absolute atomic E-state index is 0.0793. The number of nitrogens with one attached hydrogen (secondary N) is 2. The zero-order valence-corrected chi connectivity index (χ0v) is 15.4. The Hall–Kier alpha value is -2.44. The smallest absolute Gasteiger partial charge is 0.407 e. The maximum absolute atomic E-state index is 11.7. The van der Waals surface area contributed by atoms with Crippen LogP contribution in [0.5, 0.6) is 11.5 Å². The molecule has 0 aliphatic carbocycles. The van der Waals surface area contributed by atoms with Gasteiger partial charge in [0.1, 0.15) is 23.7 Å². The number of carbonyl (C=O) groups is 2. The molecule has 2 N–H and O–H groups in total. The van der Waals surface area contributed by atoms with Crippen LogP contribution >= 0.6 is 0 Å². The summed E-state index contributed by atoms with van der Waals surface area (Å²) < 4.78 is 15.7. The van der Waals surface area contributed by atoms with E-state index in [2.05, 4.69) is 10.6 Å². The molecule has 140 valence electrons. The summed E-state index contributed by atoms with van der Waals surface area (Å²) in [7, 11) is 1.61. The molecule has 0 spiro atoms. The Morgan fingerprint density at radius 2 is 1.64 bits per heavy atom. The van der Waals surface area contributed by atoms with Crippen molar-refractivity contribution < 1.29 is 23.8 Å². The van der Waals surface area contributed by atoms with Crippen LogP contribution in [0.4, 0.5) is 4.79 Å². The van der Waals surface area contributed by atoms with Crippen LogP contribution < -0.4 is 20.1 Å². The van der Waals surface area contributed by atoms with E-state index in [1.54, 1.807) is 27.9 Å². The van der Waals surface area contributed by atoms with Gasteiger partial charge in [-0.2, -0.15) is 0 Å². The molecule has 0 heterocycles. The molecule has 0 atom stereocenters. The summed E-state index contributed by atoms with van der Waals surface area (Å²) in [6.07, 6.45) is 0.406. The fourth-order valence-corrected chi connectivity index (χ4v) is 1.87. The fourth-order valence-electron chi connectivity index (χ4n) is 1.87. The highest BCUT2D eigenvalue weighted by atomic mass is 16.6. The highest BCUT2D eigenvalue weighted by Gasteiger charge is 2.15. The number of ether oxygens (including phenoxy) is 3. The Morgan fingerprint density at radius 1 is 1.00 bits per heavy atom. The van der Waals surface area contributed by atoms with Gasteiger partial charge >= 0.3 is 6.09 Å². The lowest BCUT2D eigenvalue weighted by Crippen LogP contribution is -2.33. The predicted molar refractivity (Wildman–Crippen MR) is 95.0 cm³/mol. The topological polar surface area (TPSA) is 85.9 Å². The number of alkyl carbamates (subject to hydrolysis) is 1. The summed E-state index contributed by atoms with van der Waals surface area (Å²) in [5.74, 6) is 1.40. The molecule has 7 nitrogen and oxygen atoms in total. The van der Waals surface area contributed by atoms with Crippen molar-refractivity contribution in [1.29, 1.82) is 0 Å². The molecular weight excluding hydrogens is 324 g/mol. The molecule has 1 aromatic rings. The molecule has 0 aliphatic rings. The van der Waals surface area contributed by atoms with Gasteiger partial charge in [0.05, 0.1) is 13.7 Å². The van der Waals surface area contributed by atoms with Gasteiger partial charge in [-0.15, -0.1) is 0 Å². The first-order chi connectivity index (χ1) is 11.8. The van der Waals surface area contributed by atoms with E-state index in [-0.39, 0.29) is 5.91 Å². The average molecular weight is 352 g/mol. The Morgan fingerprint density at radius 3 is 2.24 bits per heavy atom. The number of amides is 2. The summed E-state index contributed by atoms with van der Waals surface area (Å²) in [5, 5.41) is 5.39. The minimum Gasteiger partial charge on any atom is -0.497 e. The van der Waals surface area contributed by atoms with E-state index in [1.807, 2.05) is 24.3 Å². The molecule has 1 rings (SSSR count). The Labute approximate surface area is 149 Å². The molecule has 7 heteroatoms. The quantitative estimate of drug-likeness (QED) is 0.667. The van der Waals surface area contributed by atoms with Crippen molar-refractivity contribution in [3.8, 4) is 11.5 Å². The normalized spacial score (nSPS) is 10.7. The Kier molecular flexibility index (Phi) is 8.60. The number of carbonyl (C=O) groups excluding carboxylic acids is 2. The van der Waals surface area contributed by atoms with E-state index in [1.165, 1.54) is 0 Å². The predicted octanol–water partition coefficient (Wildman–Crippen LogP) is 2.50. The summed E-state index contributed by atoms with van der Waals surface area (Å²) in [4.78, 5) is 23.1. The van der Waals surface area contributed by atoms with E-state index < -0.39 is 11.7 Å². The summed E-state index contributed by atoms with van der Waals surface area (Å²) in [6.45, 7) is 6.60. The standard InChI is InChI=1S/C18H28N2O5/c1-18(2,3)25-17(22)20-11-5-6-16(21)19-12-13-24-15-9-7-14(23-4)8-10-15/h7-10H,5-6,11-13H2,1-4H3,(H,19,21)(H,20,22). The number of rotatable bonds is 9. The fraction of sp³-hybridized carbons (Fsp3) is 0.556. The Bertz CT molecular complexity index is 537. The molecule has 0 fully saturated rings. The van der Waals surface area contributed by atoms with Crippen molar-refractivity contribution in [3.05, 3.63) is 24.3 Å². The van der Waals surface area contributed by atoms with Crippen LogP contribution in [-0.4, -0.2) is 44.4 Å². The van der Waals surface area contributed by atoms with Crippen molar-refractivity contribution in [2.24, 2.45) is 0 Å².